The zero-order valence-electron chi connectivity index (χ0n) is 18.2. The molecule has 0 aliphatic rings. The van der Waals surface area contributed by atoms with Crippen LogP contribution in [0.3, 0.4) is 0 Å². The number of ether oxygens (including phenoxy) is 1. The lowest BCUT2D eigenvalue weighted by atomic mass is 10.2. The summed E-state index contributed by atoms with van der Waals surface area (Å²) < 4.78 is 6.05. The molecule has 7 nitrogen and oxygen atoms in total. The number of aryl methyl sites for hydroxylation is 1. The molecule has 0 bridgehead atoms. The van der Waals surface area contributed by atoms with Gasteiger partial charge in [-0.3, -0.25) is 4.79 Å². The van der Waals surface area contributed by atoms with Gasteiger partial charge < -0.3 is 15.4 Å². The fraction of sp³-hybridized carbons (Fsp3) is 0.217. The third-order valence-corrected chi connectivity index (χ3v) is 7.54. The highest BCUT2D eigenvalue weighted by atomic mass is 32.2. The zero-order valence-corrected chi connectivity index (χ0v) is 20.6. The molecule has 2 heterocycles. The number of anilines is 2. The molecule has 10 heteroatoms. The highest BCUT2D eigenvalue weighted by Gasteiger charge is 2.11. The van der Waals surface area contributed by atoms with E-state index in [-0.39, 0.29) is 12.3 Å². The predicted molar refractivity (Wildman–Crippen MR) is 135 cm³/mol. The number of hydrogen-bond acceptors (Lipinski definition) is 9. The molecule has 0 aliphatic heterocycles. The van der Waals surface area contributed by atoms with Crippen molar-refractivity contribution in [1.82, 2.24) is 15.2 Å². The molecule has 0 saturated carbocycles. The van der Waals surface area contributed by atoms with Crippen LogP contribution in [0.2, 0.25) is 0 Å². The highest BCUT2D eigenvalue weighted by molar-refractivity contribution is 8.00. The van der Waals surface area contributed by atoms with Crippen molar-refractivity contribution in [2.75, 3.05) is 17.7 Å². The minimum atomic E-state index is -0.0656. The third-order valence-electron chi connectivity index (χ3n) is 4.60. The van der Waals surface area contributed by atoms with Crippen molar-refractivity contribution in [2.45, 2.75) is 30.0 Å². The molecule has 4 aromatic rings. The fourth-order valence-corrected chi connectivity index (χ4v) is 5.41. The van der Waals surface area contributed by atoms with Crippen LogP contribution in [0.15, 0.2) is 58.3 Å². The molecule has 170 valence electrons. The molecule has 2 aromatic carbocycles. The van der Waals surface area contributed by atoms with E-state index in [0.29, 0.717) is 12.3 Å². The standard InChI is InChI=1S/C23H23N5O2S3/c1-15-3-7-17(8-4-15)25-20(29)11-21-26-18(13-31-21)14-32-23-28-27-22(33-23)24-12-16-5-9-19(30-2)10-6-16/h3-10,13H,11-12,14H2,1-2H3,(H,24,27)(H,25,29). The van der Waals surface area contributed by atoms with Crippen LogP contribution >= 0.6 is 34.4 Å². The Morgan fingerprint density at radius 1 is 1.09 bits per heavy atom. The van der Waals surface area contributed by atoms with E-state index in [0.717, 1.165) is 42.7 Å². The number of hydrogen-bond donors (Lipinski definition) is 2. The molecule has 4 rings (SSSR count). The van der Waals surface area contributed by atoms with E-state index in [1.807, 2.05) is 60.8 Å². The Bertz CT molecular complexity index is 1190. The molecule has 1 amide bonds. The smallest absolute Gasteiger partial charge is 0.231 e. The van der Waals surface area contributed by atoms with Gasteiger partial charge in [0.05, 0.1) is 19.2 Å². The number of benzene rings is 2. The van der Waals surface area contributed by atoms with Crippen molar-refractivity contribution in [3.63, 3.8) is 0 Å². The summed E-state index contributed by atoms with van der Waals surface area (Å²) in [5.41, 5.74) is 4.03. The first kappa shape index (κ1) is 23.2. The van der Waals surface area contributed by atoms with E-state index < -0.39 is 0 Å². The molecule has 0 atom stereocenters. The summed E-state index contributed by atoms with van der Waals surface area (Å²) in [6.45, 7) is 2.69. The van der Waals surface area contributed by atoms with Crippen molar-refractivity contribution in [3.8, 4) is 5.75 Å². The molecule has 0 radical (unpaired) electrons. The van der Waals surface area contributed by atoms with Crippen molar-refractivity contribution >= 4 is 51.2 Å². The molecule has 2 aromatic heterocycles. The van der Waals surface area contributed by atoms with Crippen molar-refractivity contribution in [3.05, 3.63) is 75.7 Å². The monoisotopic (exact) mass is 497 g/mol. The Hall–Kier alpha value is -2.95. The summed E-state index contributed by atoms with van der Waals surface area (Å²) in [5, 5.41) is 18.2. The van der Waals surface area contributed by atoms with Crippen molar-refractivity contribution in [2.24, 2.45) is 0 Å². The largest absolute Gasteiger partial charge is 0.497 e. The van der Waals surface area contributed by atoms with Crippen LogP contribution in [-0.4, -0.2) is 28.2 Å². The van der Waals surface area contributed by atoms with Gasteiger partial charge >= 0.3 is 0 Å². The number of nitrogens with one attached hydrogen (secondary N) is 2. The molecule has 33 heavy (non-hydrogen) atoms. The normalized spacial score (nSPS) is 10.7. The lowest BCUT2D eigenvalue weighted by molar-refractivity contribution is -0.115. The SMILES string of the molecule is COc1ccc(CNc2nnc(SCc3csc(CC(=O)Nc4ccc(C)cc4)n3)s2)cc1. The van der Waals surface area contributed by atoms with Crippen molar-refractivity contribution in [1.29, 1.82) is 0 Å². The van der Waals surface area contributed by atoms with E-state index >= 15 is 0 Å². The van der Waals surface area contributed by atoms with Crippen LogP contribution in [0.1, 0.15) is 21.8 Å². The van der Waals surface area contributed by atoms with Gasteiger partial charge in [0.1, 0.15) is 10.8 Å². The van der Waals surface area contributed by atoms with Gasteiger partial charge in [0.15, 0.2) is 4.34 Å². The van der Waals surface area contributed by atoms with Crippen LogP contribution in [-0.2, 0) is 23.5 Å². The number of thioether (sulfide) groups is 1. The Morgan fingerprint density at radius 2 is 1.88 bits per heavy atom. The van der Waals surface area contributed by atoms with Gasteiger partial charge in [-0.2, -0.15) is 0 Å². The minimum Gasteiger partial charge on any atom is -0.497 e. The van der Waals surface area contributed by atoms with E-state index in [9.17, 15) is 4.79 Å². The molecular formula is C23H23N5O2S3. The maximum atomic E-state index is 12.3. The van der Waals surface area contributed by atoms with Gasteiger partial charge in [0.2, 0.25) is 11.0 Å². The van der Waals surface area contributed by atoms with Gasteiger partial charge in [-0.15, -0.1) is 21.5 Å². The summed E-state index contributed by atoms with van der Waals surface area (Å²) >= 11 is 4.60. The number of methoxy groups -OCH3 is 1. The third kappa shape index (κ3) is 7.01. The van der Waals surface area contributed by atoms with Gasteiger partial charge in [-0.25, -0.2) is 4.98 Å². The number of amides is 1. The Kier molecular flexibility index (Phi) is 7.92. The number of carbonyl (C=O) groups excluding carboxylic acids is 1. The lowest BCUT2D eigenvalue weighted by Gasteiger charge is -2.04. The van der Waals surface area contributed by atoms with Crippen LogP contribution in [0, 0.1) is 6.92 Å². The second kappa shape index (κ2) is 11.3. The zero-order chi connectivity index (χ0) is 23.0. The molecule has 0 unspecified atom stereocenters. The quantitative estimate of drug-likeness (QED) is 0.284. The number of carbonyl (C=O) groups is 1. The van der Waals surface area contributed by atoms with Gasteiger partial charge in [0, 0.05) is 23.4 Å². The summed E-state index contributed by atoms with van der Waals surface area (Å²) in [7, 11) is 1.66. The molecule has 0 saturated heterocycles. The average Bonchev–Trinajstić information content (AvgIpc) is 3.47. The topological polar surface area (TPSA) is 89.0 Å². The van der Waals surface area contributed by atoms with E-state index in [2.05, 4.69) is 25.8 Å². The van der Waals surface area contributed by atoms with Crippen molar-refractivity contribution < 1.29 is 9.53 Å². The maximum absolute atomic E-state index is 12.3. The second-order valence-electron chi connectivity index (χ2n) is 7.19. The summed E-state index contributed by atoms with van der Waals surface area (Å²) in [6, 6.07) is 15.7. The molecular weight excluding hydrogens is 474 g/mol. The number of thiazole rings is 1. The maximum Gasteiger partial charge on any atom is 0.231 e. The number of rotatable bonds is 10. The van der Waals surface area contributed by atoms with Crippen LogP contribution in [0.4, 0.5) is 10.8 Å². The highest BCUT2D eigenvalue weighted by Crippen LogP contribution is 2.29. The molecule has 2 N–H and O–H groups in total. The van der Waals surface area contributed by atoms with Crippen LogP contribution < -0.4 is 15.4 Å². The molecule has 0 spiro atoms. The number of aromatic nitrogens is 3. The first-order chi connectivity index (χ1) is 16.1. The predicted octanol–water partition coefficient (Wildman–Crippen LogP) is 5.40. The Labute approximate surface area is 204 Å². The lowest BCUT2D eigenvalue weighted by Crippen LogP contribution is -2.14. The van der Waals surface area contributed by atoms with Gasteiger partial charge in [-0.1, -0.05) is 52.9 Å². The molecule has 0 aliphatic carbocycles. The number of nitrogens with zero attached hydrogens (tertiary/aromatic N) is 3. The van der Waals surface area contributed by atoms with Gasteiger partial charge in [0.25, 0.3) is 0 Å². The summed E-state index contributed by atoms with van der Waals surface area (Å²) in [6.07, 6.45) is 0.265. The second-order valence-corrected chi connectivity index (χ2v) is 10.3. The Balaban J connectivity index is 1.22. The van der Waals surface area contributed by atoms with E-state index in [1.54, 1.807) is 18.9 Å². The molecule has 0 fully saturated rings. The fourth-order valence-electron chi connectivity index (χ4n) is 2.87. The van der Waals surface area contributed by atoms with Crippen LogP contribution in [0.25, 0.3) is 0 Å². The Morgan fingerprint density at radius 3 is 2.64 bits per heavy atom. The first-order valence-corrected chi connectivity index (χ1v) is 12.9. The van der Waals surface area contributed by atoms with E-state index in [4.69, 9.17) is 4.74 Å². The first-order valence-electron chi connectivity index (χ1n) is 10.2. The summed E-state index contributed by atoms with van der Waals surface area (Å²) in [4.78, 5) is 16.9. The van der Waals surface area contributed by atoms with Gasteiger partial charge in [-0.05, 0) is 36.8 Å². The minimum absolute atomic E-state index is 0.0656. The average molecular weight is 498 g/mol. The van der Waals surface area contributed by atoms with E-state index in [1.165, 1.54) is 22.7 Å². The summed E-state index contributed by atoms with van der Waals surface area (Å²) in [5.74, 6) is 1.46. The van der Waals surface area contributed by atoms with Crippen LogP contribution in [0.5, 0.6) is 5.75 Å².